The smallest absolute Gasteiger partial charge is 0.306 e. The van der Waals surface area contributed by atoms with Crippen molar-refractivity contribution in [2.24, 2.45) is 0 Å². The summed E-state index contributed by atoms with van der Waals surface area (Å²) in [5.74, 6) is -0.920. The SMILES string of the molecule is CC/C=C\C/C=C\C/C=C\C/C=C\C/C=C\C/C=C\CCCCC(=O)OC(COC(=O)CCCCCCCCCCCCC)COC(=O)CCCCCCCCCCCCCCCCCCCCCCC/C=C\C/C=C\CCCCCCC. The van der Waals surface area contributed by atoms with Gasteiger partial charge in [0.05, 0.1) is 0 Å². The van der Waals surface area contributed by atoms with Crippen molar-refractivity contribution in [3.8, 4) is 0 Å². The van der Waals surface area contributed by atoms with E-state index in [0.717, 1.165) is 96.3 Å². The largest absolute Gasteiger partial charge is 0.462 e. The number of hydrogen-bond donors (Lipinski definition) is 0. The van der Waals surface area contributed by atoms with E-state index in [1.54, 1.807) is 0 Å². The topological polar surface area (TPSA) is 78.9 Å². The number of hydrogen-bond acceptors (Lipinski definition) is 6. The van der Waals surface area contributed by atoms with Gasteiger partial charge in [-0.3, -0.25) is 14.4 Å². The lowest BCUT2D eigenvalue weighted by atomic mass is 10.0. The van der Waals surface area contributed by atoms with Crippen LogP contribution in [0.1, 0.15) is 355 Å². The van der Waals surface area contributed by atoms with Crippen LogP contribution in [0.4, 0.5) is 0 Å². The van der Waals surface area contributed by atoms with E-state index in [-0.39, 0.29) is 37.5 Å². The first kappa shape index (κ1) is 79.3. The number of carbonyl (C=O) groups is 3. The highest BCUT2D eigenvalue weighted by molar-refractivity contribution is 5.71. The first-order valence-corrected chi connectivity index (χ1v) is 35.7. The number of rotatable bonds is 65. The molecule has 0 aliphatic carbocycles. The van der Waals surface area contributed by atoms with Crippen molar-refractivity contribution < 1.29 is 28.6 Å². The van der Waals surface area contributed by atoms with Gasteiger partial charge in [-0.25, -0.2) is 0 Å². The Bertz CT molecular complexity index is 1610. The van der Waals surface area contributed by atoms with E-state index in [1.165, 1.54) is 212 Å². The second-order valence-electron chi connectivity index (χ2n) is 23.8. The van der Waals surface area contributed by atoms with Gasteiger partial charge in [0.1, 0.15) is 13.2 Å². The maximum absolute atomic E-state index is 12.9. The van der Waals surface area contributed by atoms with Gasteiger partial charge in [-0.1, -0.05) is 330 Å². The van der Waals surface area contributed by atoms with Crippen LogP contribution in [0.3, 0.4) is 0 Å². The maximum atomic E-state index is 12.9. The third kappa shape index (κ3) is 69.0. The summed E-state index contributed by atoms with van der Waals surface area (Å²) in [5, 5.41) is 0. The molecule has 0 amide bonds. The molecule has 0 saturated heterocycles. The molecule has 83 heavy (non-hydrogen) atoms. The van der Waals surface area contributed by atoms with E-state index in [4.69, 9.17) is 14.2 Å². The lowest BCUT2D eigenvalue weighted by molar-refractivity contribution is -0.167. The van der Waals surface area contributed by atoms with Gasteiger partial charge in [-0.2, -0.15) is 0 Å². The molecule has 0 aliphatic heterocycles. The molecule has 6 heteroatoms. The predicted molar refractivity (Wildman–Crippen MR) is 362 cm³/mol. The third-order valence-corrected chi connectivity index (χ3v) is 15.6. The molecular weight excluding hydrogens is 1020 g/mol. The van der Waals surface area contributed by atoms with E-state index in [1.807, 2.05) is 0 Å². The molecule has 0 spiro atoms. The summed E-state index contributed by atoms with van der Waals surface area (Å²) in [4.78, 5) is 38.3. The van der Waals surface area contributed by atoms with Gasteiger partial charge < -0.3 is 14.2 Å². The molecule has 6 nitrogen and oxygen atoms in total. The van der Waals surface area contributed by atoms with Gasteiger partial charge >= 0.3 is 17.9 Å². The molecule has 0 N–H and O–H groups in total. The molecule has 0 fully saturated rings. The molecule has 478 valence electrons. The Labute approximate surface area is 515 Å². The fraction of sp³-hybridized carbons (Fsp3) is 0.753. The first-order chi connectivity index (χ1) is 41.0. The second kappa shape index (κ2) is 70.8. The summed E-state index contributed by atoms with van der Waals surface area (Å²) in [6.45, 7) is 6.51. The van der Waals surface area contributed by atoms with Crippen LogP contribution < -0.4 is 0 Å². The fourth-order valence-corrected chi connectivity index (χ4v) is 10.2. The summed E-state index contributed by atoms with van der Waals surface area (Å²) in [6, 6.07) is 0. The lowest BCUT2D eigenvalue weighted by Gasteiger charge is -2.18. The Hall–Kier alpha value is -3.67. The predicted octanol–water partition coefficient (Wildman–Crippen LogP) is 24.8. The number of esters is 3. The molecule has 1 atom stereocenters. The third-order valence-electron chi connectivity index (χ3n) is 15.6. The lowest BCUT2D eigenvalue weighted by Crippen LogP contribution is -2.30. The second-order valence-corrected chi connectivity index (χ2v) is 23.8. The van der Waals surface area contributed by atoms with Crippen LogP contribution in [0.2, 0.25) is 0 Å². The monoisotopic (exact) mass is 1160 g/mol. The molecule has 0 heterocycles. The molecule has 0 aromatic rings. The quantitative estimate of drug-likeness (QED) is 0.0261. The Balaban J connectivity index is 4.18. The highest BCUT2D eigenvalue weighted by Gasteiger charge is 2.19. The standard InChI is InChI=1S/C77H134O6/c1-4-7-10-13-16-19-22-24-26-28-30-32-33-34-35-36-37-38-39-40-41-42-43-45-46-48-50-52-55-58-61-64-67-70-76(79)82-73-74(72-81-75(78)69-66-63-60-57-54-21-18-15-12-9-6-3)83-77(80)71-68-65-62-59-56-53-51-49-47-44-31-29-27-25-23-20-17-14-11-8-5-2/h8,11,17,20,22,24-25,27-28,30-31,44,49,51,56,59,74H,4-7,9-10,12-16,18-19,21,23,26,29,32-43,45-48,50,52-55,57-58,60-73H2,1-3H3/b11-8-,20-17-,24-22-,27-25-,30-28-,44-31-,51-49-,59-56-. The molecule has 0 aromatic carbocycles. The van der Waals surface area contributed by atoms with E-state index in [9.17, 15) is 14.4 Å². The van der Waals surface area contributed by atoms with Crippen molar-refractivity contribution >= 4 is 17.9 Å². The minimum absolute atomic E-state index is 0.0912. The van der Waals surface area contributed by atoms with Gasteiger partial charge in [-0.05, 0) is 103 Å². The molecule has 0 rings (SSSR count). The van der Waals surface area contributed by atoms with Gasteiger partial charge in [0, 0.05) is 19.3 Å². The number of unbranched alkanes of at least 4 members (excludes halogenated alkanes) is 38. The summed E-state index contributed by atoms with van der Waals surface area (Å²) < 4.78 is 16.9. The number of carbonyl (C=O) groups excluding carboxylic acids is 3. The van der Waals surface area contributed by atoms with Crippen molar-refractivity contribution in [1.29, 1.82) is 0 Å². The molecule has 0 bridgehead atoms. The maximum Gasteiger partial charge on any atom is 0.306 e. The van der Waals surface area contributed by atoms with Crippen LogP contribution in [0, 0.1) is 0 Å². The minimum atomic E-state index is -0.799. The molecule has 0 aromatic heterocycles. The summed E-state index contributed by atoms with van der Waals surface area (Å²) in [5.41, 5.74) is 0. The Morgan fingerprint density at radius 3 is 0.759 bits per heavy atom. The van der Waals surface area contributed by atoms with Crippen LogP contribution >= 0.6 is 0 Å². The minimum Gasteiger partial charge on any atom is -0.462 e. The van der Waals surface area contributed by atoms with Crippen LogP contribution in [0.25, 0.3) is 0 Å². The van der Waals surface area contributed by atoms with Gasteiger partial charge in [-0.15, -0.1) is 0 Å². The van der Waals surface area contributed by atoms with Crippen LogP contribution in [-0.2, 0) is 28.6 Å². The summed E-state index contributed by atoms with van der Waals surface area (Å²) >= 11 is 0. The van der Waals surface area contributed by atoms with Crippen LogP contribution in [0.5, 0.6) is 0 Å². The van der Waals surface area contributed by atoms with Crippen LogP contribution in [-0.4, -0.2) is 37.2 Å². The summed E-state index contributed by atoms with van der Waals surface area (Å²) in [7, 11) is 0. The fourth-order valence-electron chi connectivity index (χ4n) is 10.2. The van der Waals surface area contributed by atoms with E-state index in [2.05, 4.69) is 118 Å². The average molecular weight is 1160 g/mol. The highest BCUT2D eigenvalue weighted by Crippen LogP contribution is 2.18. The van der Waals surface area contributed by atoms with Crippen molar-refractivity contribution in [1.82, 2.24) is 0 Å². The zero-order valence-corrected chi connectivity index (χ0v) is 54.9. The zero-order chi connectivity index (χ0) is 59.9. The Morgan fingerprint density at radius 1 is 0.253 bits per heavy atom. The normalized spacial score (nSPS) is 12.7. The van der Waals surface area contributed by atoms with E-state index in [0.29, 0.717) is 19.3 Å². The first-order valence-electron chi connectivity index (χ1n) is 35.7. The zero-order valence-electron chi connectivity index (χ0n) is 54.9. The summed E-state index contributed by atoms with van der Waals surface area (Å²) in [6.07, 6.45) is 96.0. The van der Waals surface area contributed by atoms with E-state index < -0.39 is 6.10 Å². The van der Waals surface area contributed by atoms with Crippen LogP contribution in [0.15, 0.2) is 97.2 Å². The van der Waals surface area contributed by atoms with E-state index >= 15 is 0 Å². The molecular formula is C77H134O6. The van der Waals surface area contributed by atoms with Gasteiger partial charge in [0.25, 0.3) is 0 Å². The molecule has 0 saturated carbocycles. The van der Waals surface area contributed by atoms with Crippen molar-refractivity contribution in [3.05, 3.63) is 97.2 Å². The van der Waals surface area contributed by atoms with Gasteiger partial charge in [0.2, 0.25) is 0 Å². The Kier molecular flexibility index (Phi) is 67.7. The number of ether oxygens (including phenoxy) is 3. The molecule has 0 radical (unpaired) electrons. The molecule has 0 aliphatic rings. The Morgan fingerprint density at radius 2 is 0.470 bits per heavy atom. The highest BCUT2D eigenvalue weighted by atomic mass is 16.6. The van der Waals surface area contributed by atoms with Crippen molar-refractivity contribution in [2.45, 2.75) is 361 Å². The van der Waals surface area contributed by atoms with Crippen molar-refractivity contribution in [3.63, 3.8) is 0 Å². The van der Waals surface area contributed by atoms with Gasteiger partial charge in [0.15, 0.2) is 6.10 Å². The molecule has 1 unspecified atom stereocenters. The number of allylic oxidation sites excluding steroid dienone is 16. The van der Waals surface area contributed by atoms with Crippen molar-refractivity contribution in [2.75, 3.05) is 13.2 Å². The average Bonchev–Trinajstić information content (AvgIpc) is 3.48.